The number of phosphoric ester groups is 1. The number of quaternary nitrogens is 1. The summed E-state index contributed by atoms with van der Waals surface area (Å²) in [6, 6.07) is 0. The molecule has 9 nitrogen and oxygen atoms in total. The second-order valence-corrected chi connectivity index (χ2v) is 17.1. The molecule has 0 aliphatic heterocycles. The van der Waals surface area contributed by atoms with Crippen molar-refractivity contribution in [2.45, 2.75) is 168 Å². The van der Waals surface area contributed by atoms with Gasteiger partial charge in [-0.25, -0.2) is 0 Å². The van der Waals surface area contributed by atoms with Crippen LogP contribution >= 0.6 is 7.82 Å². The van der Waals surface area contributed by atoms with Gasteiger partial charge >= 0.3 is 11.9 Å². The molecule has 0 heterocycles. The first kappa shape index (κ1) is 54.5. The Bertz CT molecular complexity index is 1200. The quantitative estimate of drug-likeness (QED) is 0.0198. The fourth-order valence-electron chi connectivity index (χ4n) is 5.48. The summed E-state index contributed by atoms with van der Waals surface area (Å²) in [5, 5.41) is 0. The minimum absolute atomic E-state index is 0.0400. The SMILES string of the molecule is CC/C=C\C/C=C\C/C=C\C/C=C\CCCCCCCCC(=O)OC(COC(=O)CCCCCCC/C=C\C/C=C\CCCC)COP(=O)([O-])OCC[N+](C)(C)C. The Morgan fingerprint density at radius 3 is 1.49 bits per heavy atom. The molecular formula is C47H82NO8P. The van der Waals surface area contributed by atoms with E-state index in [1.165, 1.54) is 12.8 Å². The third kappa shape index (κ3) is 42.9. The van der Waals surface area contributed by atoms with Gasteiger partial charge in [0, 0.05) is 12.8 Å². The fraction of sp³-hybridized carbons (Fsp3) is 0.702. The maximum atomic E-state index is 12.7. The minimum atomic E-state index is -4.64. The van der Waals surface area contributed by atoms with E-state index in [2.05, 4.69) is 86.8 Å². The number of carbonyl (C=O) groups excluding carboxylic acids is 2. The molecule has 0 bridgehead atoms. The van der Waals surface area contributed by atoms with Crippen LogP contribution in [0, 0.1) is 0 Å². The van der Waals surface area contributed by atoms with Crippen LogP contribution in [0.15, 0.2) is 72.9 Å². The Morgan fingerprint density at radius 2 is 1.00 bits per heavy atom. The first-order chi connectivity index (χ1) is 27.5. The fourth-order valence-corrected chi connectivity index (χ4v) is 6.21. The van der Waals surface area contributed by atoms with Gasteiger partial charge in [-0.3, -0.25) is 14.2 Å². The number of carbonyl (C=O) groups is 2. The van der Waals surface area contributed by atoms with Gasteiger partial charge < -0.3 is 27.9 Å². The topological polar surface area (TPSA) is 111 Å². The van der Waals surface area contributed by atoms with Gasteiger partial charge in [0.15, 0.2) is 6.10 Å². The van der Waals surface area contributed by atoms with Gasteiger partial charge in [-0.1, -0.05) is 145 Å². The molecule has 57 heavy (non-hydrogen) atoms. The number of ether oxygens (including phenoxy) is 2. The van der Waals surface area contributed by atoms with Crippen LogP contribution in [0.2, 0.25) is 0 Å². The van der Waals surface area contributed by atoms with Gasteiger partial charge in [-0.15, -0.1) is 0 Å². The van der Waals surface area contributed by atoms with E-state index in [1.807, 2.05) is 21.1 Å². The number of unbranched alkanes of at least 4 members (excludes halogenated alkanes) is 13. The summed E-state index contributed by atoms with van der Waals surface area (Å²) >= 11 is 0. The van der Waals surface area contributed by atoms with Crippen molar-refractivity contribution in [1.82, 2.24) is 0 Å². The van der Waals surface area contributed by atoms with Crippen molar-refractivity contribution in [1.29, 1.82) is 0 Å². The molecule has 0 aliphatic carbocycles. The highest BCUT2D eigenvalue weighted by Crippen LogP contribution is 2.38. The van der Waals surface area contributed by atoms with Crippen LogP contribution in [0.3, 0.4) is 0 Å². The third-order valence-electron chi connectivity index (χ3n) is 8.96. The second-order valence-electron chi connectivity index (χ2n) is 15.7. The standard InChI is InChI=1S/C47H82NO8P/c1-6-8-10-12-14-16-18-20-22-23-24-25-26-28-30-32-34-36-38-40-47(50)56-45(44-55-57(51,52)54-42-41-48(3,4)5)43-53-46(49)39-37-35-33-31-29-27-21-19-17-15-13-11-9-7-2/h8,10,13-16,19-22,24-25,45H,6-7,9,11-12,17-18,23,26-44H2,1-5H3/b10-8-,15-13-,16-14-,21-19-,22-20-,25-24-. The summed E-state index contributed by atoms with van der Waals surface area (Å²) in [5.41, 5.74) is 0. The molecule has 0 fully saturated rings. The zero-order chi connectivity index (χ0) is 42.1. The van der Waals surface area contributed by atoms with Crippen molar-refractivity contribution < 1.29 is 42.1 Å². The zero-order valence-electron chi connectivity index (χ0n) is 36.8. The molecule has 0 saturated carbocycles. The lowest BCUT2D eigenvalue weighted by atomic mass is 10.1. The number of hydrogen-bond donors (Lipinski definition) is 0. The predicted molar refractivity (Wildman–Crippen MR) is 236 cm³/mol. The van der Waals surface area contributed by atoms with Gasteiger partial charge in [0.2, 0.25) is 0 Å². The lowest BCUT2D eigenvalue weighted by Gasteiger charge is -2.28. The summed E-state index contributed by atoms with van der Waals surface area (Å²) < 4.78 is 33.9. The lowest BCUT2D eigenvalue weighted by molar-refractivity contribution is -0.870. The first-order valence-corrected chi connectivity index (χ1v) is 23.6. The molecule has 0 spiro atoms. The molecule has 0 aromatic rings. The van der Waals surface area contributed by atoms with E-state index in [9.17, 15) is 19.0 Å². The van der Waals surface area contributed by atoms with Crippen molar-refractivity contribution >= 4 is 19.8 Å². The monoisotopic (exact) mass is 820 g/mol. The molecule has 0 amide bonds. The summed E-state index contributed by atoms with van der Waals surface area (Å²) in [5.74, 6) is -0.874. The Balaban J connectivity index is 4.41. The number of likely N-dealkylation sites (N-methyl/N-ethyl adjacent to an activating group) is 1. The van der Waals surface area contributed by atoms with Crippen LogP contribution in [-0.4, -0.2) is 70.0 Å². The number of allylic oxidation sites excluding steroid dienone is 12. The highest BCUT2D eigenvalue weighted by molar-refractivity contribution is 7.45. The average Bonchev–Trinajstić information content (AvgIpc) is 3.16. The summed E-state index contributed by atoms with van der Waals surface area (Å²) in [7, 11) is 1.13. The smallest absolute Gasteiger partial charge is 0.306 e. The Morgan fingerprint density at radius 1 is 0.561 bits per heavy atom. The van der Waals surface area contributed by atoms with Crippen LogP contribution in [0.25, 0.3) is 0 Å². The van der Waals surface area contributed by atoms with Gasteiger partial charge in [0.05, 0.1) is 27.7 Å². The summed E-state index contributed by atoms with van der Waals surface area (Å²) in [6.07, 6.45) is 47.8. The highest BCUT2D eigenvalue weighted by Gasteiger charge is 2.21. The van der Waals surface area contributed by atoms with Crippen LogP contribution in [0.1, 0.15) is 162 Å². The molecule has 0 aromatic carbocycles. The highest BCUT2D eigenvalue weighted by atomic mass is 31.2. The van der Waals surface area contributed by atoms with Crippen LogP contribution < -0.4 is 4.89 Å². The molecular weight excluding hydrogens is 737 g/mol. The molecule has 0 rings (SSSR count). The van der Waals surface area contributed by atoms with Crippen molar-refractivity contribution in [3.8, 4) is 0 Å². The van der Waals surface area contributed by atoms with E-state index in [4.69, 9.17) is 18.5 Å². The molecule has 0 radical (unpaired) electrons. The van der Waals surface area contributed by atoms with Gasteiger partial charge in [0.25, 0.3) is 7.82 Å². The summed E-state index contributed by atoms with van der Waals surface area (Å²) in [4.78, 5) is 37.5. The maximum absolute atomic E-state index is 12.7. The minimum Gasteiger partial charge on any atom is -0.756 e. The lowest BCUT2D eigenvalue weighted by Crippen LogP contribution is -2.37. The molecule has 0 aromatic heterocycles. The van der Waals surface area contributed by atoms with Crippen LogP contribution in [-0.2, 0) is 32.7 Å². The largest absolute Gasteiger partial charge is 0.756 e. The Labute approximate surface area is 348 Å². The normalized spacial score (nSPS) is 14.3. The average molecular weight is 820 g/mol. The Kier molecular flexibility index (Phi) is 37.2. The number of hydrogen-bond acceptors (Lipinski definition) is 8. The van der Waals surface area contributed by atoms with E-state index in [1.54, 1.807) is 0 Å². The number of phosphoric acid groups is 1. The predicted octanol–water partition coefficient (Wildman–Crippen LogP) is 12.0. The van der Waals surface area contributed by atoms with Crippen molar-refractivity contribution in [2.75, 3.05) is 47.5 Å². The van der Waals surface area contributed by atoms with Crippen LogP contribution in [0.5, 0.6) is 0 Å². The number of esters is 2. The molecule has 2 atom stereocenters. The van der Waals surface area contributed by atoms with Gasteiger partial charge in [-0.2, -0.15) is 0 Å². The van der Waals surface area contributed by atoms with Crippen molar-refractivity contribution in [3.05, 3.63) is 72.9 Å². The molecule has 0 aliphatic rings. The molecule has 0 saturated heterocycles. The van der Waals surface area contributed by atoms with Crippen molar-refractivity contribution in [3.63, 3.8) is 0 Å². The molecule has 10 heteroatoms. The maximum Gasteiger partial charge on any atom is 0.306 e. The molecule has 328 valence electrons. The number of rotatable bonds is 39. The van der Waals surface area contributed by atoms with E-state index in [0.29, 0.717) is 23.9 Å². The molecule has 2 unspecified atom stereocenters. The van der Waals surface area contributed by atoms with E-state index < -0.39 is 32.5 Å². The van der Waals surface area contributed by atoms with E-state index in [0.717, 1.165) is 109 Å². The van der Waals surface area contributed by atoms with Gasteiger partial charge in [-0.05, 0) is 77.0 Å². The third-order valence-corrected chi connectivity index (χ3v) is 9.92. The first-order valence-electron chi connectivity index (χ1n) is 22.1. The second kappa shape index (κ2) is 38.9. The van der Waals surface area contributed by atoms with Crippen LogP contribution in [0.4, 0.5) is 0 Å². The van der Waals surface area contributed by atoms with E-state index in [-0.39, 0.29) is 26.1 Å². The van der Waals surface area contributed by atoms with Gasteiger partial charge in [0.1, 0.15) is 19.8 Å². The van der Waals surface area contributed by atoms with Crippen molar-refractivity contribution in [2.24, 2.45) is 0 Å². The number of nitrogens with zero attached hydrogens (tertiary/aromatic N) is 1. The zero-order valence-corrected chi connectivity index (χ0v) is 37.7. The summed E-state index contributed by atoms with van der Waals surface area (Å²) in [6.45, 7) is 4.02. The Hall–Kier alpha value is -2.55. The molecule has 0 N–H and O–H groups in total. The van der Waals surface area contributed by atoms with E-state index >= 15 is 0 Å².